The summed E-state index contributed by atoms with van der Waals surface area (Å²) < 4.78 is 5.80. The molecule has 0 amide bonds. The van der Waals surface area contributed by atoms with E-state index in [4.69, 9.17) is 4.42 Å². The maximum Gasteiger partial charge on any atom is 0.128 e. The molecule has 1 atom stereocenters. The summed E-state index contributed by atoms with van der Waals surface area (Å²) in [4.78, 5) is 0. The van der Waals surface area contributed by atoms with E-state index in [2.05, 4.69) is 49.5 Å². The van der Waals surface area contributed by atoms with Crippen LogP contribution < -0.4 is 5.32 Å². The fourth-order valence-electron chi connectivity index (χ4n) is 3.18. The number of rotatable bonds is 6. The van der Waals surface area contributed by atoms with Crippen LogP contribution in [0.25, 0.3) is 0 Å². The number of hydrogen-bond donors (Lipinski definition) is 1. The van der Waals surface area contributed by atoms with Crippen LogP contribution in [0.1, 0.15) is 67.0 Å². The van der Waals surface area contributed by atoms with Crippen LogP contribution in [0.5, 0.6) is 0 Å². The molecule has 0 spiro atoms. The van der Waals surface area contributed by atoms with Crippen molar-refractivity contribution in [2.24, 2.45) is 0 Å². The summed E-state index contributed by atoms with van der Waals surface area (Å²) in [7, 11) is 0. The summed E-state index contributed by atoms with van der Waals surface area (Å²) in [6.45, 7) is 5.34. The average Bonchev–Trinajstić information content (AvgIpc) is 2.85. The zero-order valence-corrected chi connectivity index (χ0v) is 13.1. The molecule has 1 N–H and O–H groups in total. The fraction of sp³-hybridized carbons (Fsp3) is 0.474. The highest BCUT2D eigenvalue weighted by Crippen LogP contribution is 2.41. The van der Waals surface area contributed by atoms with Crippen molar-refractivity contribution in [3.05, 3.63) is 59.0 Å². The first kappa shape index (κ1) is 14.4. The maximum atomic E-state index is 5.80. The van der Waals surface area contributed by atoms with E-state index >= 15 is 0 Å². The molecule has 0 saturated heterocycles. The third-order valence-electron chi connectivity index (χ3n) is 4.61. The Labute approximate surface area is 127 Å². The molecule has 21 heavy (non-hydrogen) atoms. The van der Waals surface area contributed by atoms with E-state index < -0.39 is 0 Å². The van der Waals surface area contributed by atoms with Gasteiger partial charge in [0.2, 0.25) is 0 Å². The fourth-order valence-corrected chi connectivity index (χ4v) is 3.18. The van der Waals surface area contributed by atoms with E-state index in [1.165, 1.54) is 36.0 Å². The van der Waals surface area contributed by atoms with Crippen LogP contribution >= 0.6 is 0 Å². The molecule has 1 aromatic carbocycles. The van der Waals surface area contributed by atoms with Crippen molar-refractivity contribution in [2.75, 3.05) is 6.54 Å². The molecule has 0 aliphatic heterocycles. The molecule has 0 bridgehead atoms. The molecule has 2 heteroatoms. The van der Waals surface area contributed by atoms with E-state index in [1.807, 2.05) is 0 Å². The summed E-state index contributed by atoms with van der Waals surface area (Å²) in [5, 5.41) is 3.68. The van der Waals surface area contributed by atoms with Crippen LogP contribution in [0.3, 0.4) is 0 Å². The van der Waals surface area contributed by atoms with Gasteiger partial charge >= 0.3 is 0 Å². The third kappa shape index (κ3) is 2.91. The second-order valence-electron chi connectivity index (χ2n) is 6.11. The molecule has 1 fully saturated rings. The van der Waals surface area contributed by atoms with Gasteiger partial charge < -0.3 is 9.73 Å². The van der Waals surface area contributed by atoms with Crippen molar-refractivity contribution in [2.45, 2.75) is 51.5 Å². The molecular formula is C19H25NO. The SMILES string of the molecule is CCCNC(c1ccccc1C1CCC1)c1occc1C. The Morgan fingerprint density at radius 1 is 1.24 bits per heavy atom. The van der Waals surface area contributed by atoms with Gasteiger partial charge in [-0.15, -0.1) is 0 Å². The Hall–Kier alpha value is -1.54. The van der Waals surface area contributed by atoms with Gasteiger partial charge in [-0.25, -0.2) is 0 Å². The molecule has 1 heterocycles. The molecule has 2 nitrogen and oxygen atoms in total. The molecule has 112 valence electrons. The number of benzene rings is 1. The van der Waals surface area contributed by atoms with Gasteiger partial charge in [-0.1, -0.05) is 37.6 Å². The Morgan fingerprint density at radius 2 is 2.05 bits per heavy atom. The van der Waals surface area contributed by atoms with Crippen LogP contribution in [0, 0.1) is 6.92 Å². The predicted octanol–water partition coefficient (Wildman–Crippen LogP) is 4.94. The Balaban J connectivity index is 1.98. The van der Waals surface area contributed by atoms with Crippen molar-refractivity contribution in [1.82, 2.24) is 5.32 Å². The van der Waals surface area contributed by atoms with Crippen LogP contribution in [0.4, 0.5) is 0 Å². The molecule has 1 aliphatic carbocycles. The third-order valence-corrected chi connectivity index (χ3v) is 4.61. The number of aryl methyl sites for hydroxylation is 1. The highest BCUT2D eigenvalue weighted by molar-refractivity contribution is 5.39. The van der Waals surface area contributed by atoms with Gasteiger partial charge in [-0.2, -0.15) is 0 Å². The van der Waals surface area contributed by atoms with Gasteiger partial charge in [-0.3, -0.25) is 0 Å². The number of hydrogen-bond acceptors (Lipinski definition) is 2. The van der Waals surface area contributed by atoms with Gasteiger partial charge in [0.05, 0.1) is 12.3 Å². The van der Waals surface area contributed by atoms with Gasteiger partial charge in [0.25, 0.3) is 0 Å². The van der Waals surface area contributed by atoms with Crippen LogP contribution in [0.2, 0.25) is 0 Å². The highest BCUT2D eigenvalue weighted by atomic mass is 16.3. The monoisotopic (exact) mass is 283 g/mol. The van der Waals surface area contributed by atoms with Crippen molar-refractivity contribution in [3.63, 3.8) is 0 Å². The molecule has 1 unspecified atom stereocenters. The van der Waals surface area contributed by atoms with Crippen LogP contribution in [-0.2, 0) is 0 Å². The minimum absolute atomic E-state index is 0.178. The second-order valence-corrected chi connectivity index (χ2v) is 6.11. The molecule has 1 aromatic heterocycles. The van der Waals surface area contributed by atoms with Gasteiger partial charge in [0.15, 0.2) is 0 Å². The lowest BCUT2D eigenvalue weighted by atomic mass is 9.77. The lowest BCUT2D eigenvalue weighted by molar-refractivity contribution is 0.405. The Kier molecular flexibility index (Phi) is 4.45. The lowest BCUT2D eigenvalue weighted by Gasteiger charge is -2.30. The summed E-state index contributed by atoms with van der Waals surface area (Å²) in [6, 6.07) is 11.1. The minimum atomic E-state index is 0.178. The molecule has 2 aromatic rings. The minimum Gasteiger partial charge on any atom is -0.467 e. The predicted molar refractivity (Wildman–Crippen MR) is 86.6 cm³/mol. The smallest absolute Gasteiger partial charge is 0.128 e. The van der Waals surface area contributed by atoms with Crippen molar-refractivity contribution < 1.29 is 4.42 Å². The second kappa shape index (κ2) is 6.48. The van der Waals surface area contributed by atoms with Crippen molar-refractivity contribution in [3.8, 4) is 0 Å². The zero-order valence-electron chi connectivity index (χ0n) is 13.1. The summed E-state index contributed by atoms with van der Waals surface area (Å²) in [6.07, 6.45) is 6.95. The van der Waals surface area contributed by atoms with Gasteiger partial charge in [0.1, 0.15) is 5.76 Å². The largest absolute Gasteiger partial charge is 0.467 e. The van der Waals surface area contributed by atoms with Crippen LogP contribution in [-0.4, -0.2) is 6.54 Å². The van der Waals surface area contributed by atoms with E-state index in [0.717, 1.165) is 24.6 Å². The standard InChI is InChI=1S/C19H25NO/c1-3-12-20-18(19-14(2)11-13-21-19)17-10-5-4-9-16(17)15-7-6-8-15/h4-5,9-11,13,15,18,20H,3,6-8,12H2,1-2H3. The Morgan fingerprint density at radius 3 is 2.67 bits per heavy atom. The summed E-state index contributed by atoms with van der Waals surface area (Å²) in [5.41, 5.74) is 4.13. The topological polar surface area (TPSA) is 25.2 Å². The van der Waals surface area contributed by atoms with Gasteiger partial charge in [0, 0.05) is 0 Å². The molecule has 1 aliphatic rings. The van der Waals surface area contributed by atoms with Crippen LogP contribution in [0.15, 0.2) is 41.0 Å². The number of furan rings is 1. The quantitative estimate of drug-likeness (QED) is 0.812. The number of nitrogens with one attached hydrogen (secondary N) is 1. The lowest BCUT2D eigenvalue weighted by Crippen LogP contribution is -2.25. The Bertz CT molecular complexity index is 583. The van der Waals surface area contributed by atoms with E-state index in [1.54, 1.807) is 6.26 Å². The summed E-state index contributed by atoms with van der Waals surface area (Å²) in [5.74, 6) is 1.80. The van der Waals surface area contributed by atoms with Gasteiger partial charge in [-0.05, 0) is 61.4 Å². The molecular weight excluding hydrogens is 258 g/mol. The molecule has 3 rings (SSSR count). The zero-order chi connectivity index (χ0) is 14.7. The van der Waals surface area contributed by atoms with E-state index in [9.17, 15) is 0 Å². The highest BCUT2D eigenvalue weighted by Gasteiger charge is 2.27. The first-order chi connectivity index (χ1) is 10.3. The molecule has 0 radical (unpaired) electrons. The van der Waals surface area contributed by atoms with Crippen molar-refractivity contribution >= 4 is 0 Å². The molecule has 1 saturated carbocycles. The first-order valence-electron chi connectivity index (χ1n) is 8.17. The van der Waals surface area contributed by atoms with Crippen molar-refractivity contribution in [1.29, 1.82) is 0 Å². The first-order valence-corrected chi connectivity index (χ1v) is 8.17. The normalized spacial score (nSPS) is 16.7. The summed E-state index contributed by atoms with van der Waals surface area (Å²) >= 11 is 0. The van der Waals surface area contributed by atoms with E-state index in [0.29, 0.717) is 0 Å². The van der Waals surface area contributed by atoms with E-state index in [-0.39, 0.29) is 6.04 Å². The maximum absolute atomic E-state index is 5.80. The average molecular weight is 283 g/mol.